The quantitative estimate of drug-likeness (QED) is 0.712. The number of nitrogens with zero attached hydrogens (tertiary/aromatic N) is 2. The number of carbonyl (C=O) groups is 1. The molecule has 2 aromatic heterocycles. The molecule has 7 nitrogen and oxygen atoms in total. The molecule has 0 amide bonds. The van der Waals surface area contributed by atoms with Crippen LogP contribution in [-0.2, 0) is 10.0 Å². The zero-order valence-electron chi connectivity index (χ0n) is 13.4. The van der Waals surface area contributed by atoms with Gasteiger partial charge in [-0.15, -0.1) is 16.4 Å². The van der Waals surface area contributed by atoms with E-state index in [1.54, 1.807) is 24.7 Å². The molecule has 3 rings (SSSR count). The smallest absolute Gasteiger partial charge is 0.345 e. The number of sulfonamides is 1. The van der Waals surface area contributed by atoms with Crippen molar-refractivity contribution in [1.29, 1.82) is 0 Å². The number of hydrogen-bond donors (Lipinski definition) is 2. The number of para-hydroxylation sites is 1. The molecule has 0 bridgehead atoms. The molecule has 25 heavy (non-hydrogen) atoms. The Morgan fingerprint density at radius 3 is 2.52 bits per heavy atom. The first-order valence-corrected chi connectivity index (χ1v) is 9.56. The molecule has 0 radical (unpaired) electrons. The number of carboxylic acids is 1. The molecule has 2 heterocycles. The van der Waals surface area contributed by atoms with E-state index in [2.05, 4.69) is 9.82 Å². The first-order chi connectivity index (χ1) is 11.8. The molecule has 0 unspecified atom stereocenters. The van der Waals surface area contributed by atoms with Gasteiger partial charge in [-0.25, -0.2) is 17.9 Å². The molecule has 130 valence electrons. The third kappa shape index (κ3) is 3.42. The molecule has 0 saturated heterocycles. The number of aryl methyl sites for hydroxylation is 2. The second-order valence-electron chi connectivity index (χ2n) is 5.38. The number of anilines is 1. The Bertz CT molecular complexity index is 1040. The van der Waals surface area contributed by atoms with Crippen molar-refractivity contribution in [1.82, 2.24) is 9.78 Å². The number of benzene rings is 1. The fourth-order valence-corrected chi connectivity index (χ4v) is 4.79. The van der Waals surface area contributed by atoms with Crippen LogP contribution in [-0.4, -0.2) is 29.3 Å². The number of hydrogen-bond acceptors (Lipinski definition) is 5. The average Bonchev–Trinajstić information content (AvgIpc) is 3.12. The van der Waals surface area contributed by atoms with Crippen molar-refractivity contribution in [2.75, 3.05) is 4.72 Å². The normalized spacial score (nSPS) is 11.4. The van der Waals surface area contributed by atoms with E-state index >= 15 is 0 Å². The van der Waals surface area contributed by atoms with Gasteiger partial charge in [0.1, 0.15) is 9.77 Å². The van der Waals surface area contributed by atoms with E-state index in [0.717, 1.165) is 23.1 Å². The Labute approximate surface area is 148 Å². The van der Waals surface area contributed by atoms with E-state index in [1.807, 2.05) is 30.3 Å². The molecule has 0 aliphatic rings. The summed E-state index contributed by atoms with van der Waals surface area (Å²) in [7, 11) is -3.93. The summed E-state index contributed by atoms with van der Waals surface area (Å²) in [5.41, 5.74) is 1.45. The Morgan fingerprint density at radius 1 is 1.24 bits per heavy atom. The molecular formula is C16H15N3O4S2. The third-order valence-corrected chi connectivity index (χ3v) is 6.15. The Balaban J connectivity index is 1.94. The highest BCUT2D eigenvalue weighted by atomic mass is 32.2. The van der Waals surface area contributed by atoms with Crippen molar-refractivity contribution in [3.8, 4) is 5.69 Å². The van der Waals surface area contributed by atoms with E-state index in [4.69, 9.17) is 5.11 Å². The predicted molar refractivity (Wildman–Crippen MR) is 95.1 cm³/mol. The number of aromatic carboxylic acids is 1. The fourth-order valence-electron chi connectivity index (χ4n) is 2.29. The molecule has 0 atom stereocenters. The van der Waals surface area contributed by atoms with E-state index in [-0.39, 0.29) is 15.6 Å². The SMILES string of the molecule is Cc1cn(-c2ccccc2)nc1NS(=O)(=O)c1cc(C(=O)O)sc1C. The second kappa shape index (κ2) is 6.34. The van der Waals surface area contributed by atoms with E-state index in [1.165, 1.54) is 0 Å². The van der Waals surface area contributed by atoms with Gasteiger partial charge >= 0.3 is 5.97 Å². The lowest BCUT2D eigenvalue weighted by molar-refractivity contribution is 0.0702. The number of aromatic nitrogens is 2. The molecule has 0 aliphatic heterocycles. The van der Waals surface area contributed by atoms with Gasteiger partial charge in [-0.3, -0.25) is 4.72 Å². The lowest BCUT2D eigenvalue weighted by Gasteiger charge is -2.05. The van der Waals surface area contributed by atoms with Crippen LogP contribution in [0.25, 0.3) is 5.69 Å². The van der Waals surface area contributed by atoms with Gasteiger partial charge in [-0.1, -0.05) is 18.2 Å². The molecule has 0 saturated carbocycles. The highest BCUT2D eigenvalue weighted by Crippen LogP contribution is 2.28. The zero-order valence-corrected chi connectivity index (χ0v) is 15.1. The average molecular weight is 377 g/mol. The summed E-state index contributed by atoms with van der Waals surface area (Å²) in [6, 6.07) is 10.5. The van der Waals surface area contributed by atoms with E-state index in [0.29, 0.717) is 10.4 Å². The molecular weight excluding hydrogens is 362 g/mol. The number of thiophene rings is 1. The van der Waals surface area contributed by atoms with Gasteiger partial charge in [-0.05, 0) is 32.0 Å². The maximum absolute atomic E-state index is 12.6. The first-order valence-electron chi connectivity index (χ1n) is 7.26. The molecule has 0 spiro atoms. The topological polar surface area (TPSA) is 101 Å². The summed E-state index contributed by atoms with van der Waals surface area (Å²) in [5.74, 6) is -0.953. The summed E-state index contributed by atoms with van der Waals surface area (Å²) in [4.78, 5) is 11.4. The minimum Gasteiger partial charge on any atom is -0.477 e. The van der Waals surface area contributed by atoms with Gasteiger partial charge in [0, 0.05) is 16.6 Å². The van der Waals surface area contributed by atoms with Crippen LogP contribution in [0.15, 0.2) is 47.5 Å². The number of nitrogens with one attached hydrogen (secondary N) is 1. The van der Waals surface area contributed by atoms with Gasteiger partial charge in [0.05, 0.1) is 5.69 Å². The Hall–Kier alpha value is -2.65. The van der Waals surface area contributed by atoms with Gasteiger partial charge in [0.25, 0.3) is 10.0 Å². The maximum atomic E-state index is 12.6. The number of rotatable bonds is 5. The van der Waals surface area contributed by atoms with Crippen molar-refractivity contribution < 1.29 is 18.3 Å². The van der Waals surface area contributed by atoms with Crippen LogP contribution in [0.4, 0.5) is 5.82 Å². The van der Waals surface area contributed by atoms with Gasteiger partial charge < -0.3 is 5.11 Å². The summed E-state index contributed by atoms with van der Waals surface area (Å²) in [5, 5.41) is 13.3. The van der Waals surface area contributed by atoms with Crippen LogP contribution in [0.5, 0.6) is 0 Å². The monoisotopic (exact) mass is 377 g/mol. The van der Waals surface area contributed by atoms with Crippen molar-refractivity contribution in [3.05, 3.63) is 57.9 Å². The van der Waals surface area contributed by atoms with Crippen molar-refractivity contribution in [2.24, 2.45) is 0 Å². The minimum atomic E-state index is -3.93. The van der Waals surface area contributed by atoms with E-state index < -0.39 is 16.0 Å². The Kier molecular flexibility index (Phi) is 4.36. The van der Waals surface area contributed by atoms with Crippen molar-refractivity contribution in [2.45, 2.75) is 18.7 Å². The van der Waals surface area contributed by atoms with Crippen LogP contribution in [0.2, 0.25) is 0 Å². The fraction of sp³-hybridized carbons (Fsp3) is 0.125. The van der Waals surface area contributed by atoms with Crippen LogP contribution < -0.4 is 4.72 Å². The Morgan fingerprint density at radius 2 is 1.92 bits per heavy atom. The molecule has 2 N–H and O–H groups in total. The van der Waals surface area contributed by atoms with Crippen LogP contribution in [0.1, 0.15) is 20.1 Å². The molecule has 3 aromatic rings. The highest BCUT2D eigenvalue weighted by Gasteiger charge is 2.24. The molecule has 1 aromatic carbocycles. The molecule has 9 heteroatoms. The first kappa shape index (κ1) is 17.2. The maximum Gasteiger partial charge on any atom is 0.345 e. The van der Waals surface area contributed by atoms with Crippen LogP contribution in [0, 0.1) is 13.8 Å². The third-order valence-electron chi connectivity index (χ3n) is 3.52. The summed E-state index contributed by atoms with van der Waals surface area (Å²) in [6.07, 6.45) is 1.72. The molecule has 0 fully saturated rings. The van der Waals surface area contributed by atoms with Gasteiger partial charge in [0.15, 0.2) is 5.82 Å². The number of carboxylic acid groups (broad SMARTS) is 1. The summed E-state index contributed by atoms with van der Waals surface area (Å²) < 4.78 is 29.2. The van der Waals surface area contributed by atoms with Crippen molar-refractivity contribution >= 4 is 33.1 Å². The minimum absolute atomic E-state index is 0.0237. The lowest BCUT2D eigenvalue weighted by atomic mass is 10.3. The second-order valence-corrected chi connectivity index (χ2v) is 8.29. The van der Waals surface area contributed by atoms with Crippen LogP contribution >= 0.6 is 11.3 Å². The van der Waals surface area contributed by atoms with E-state index in [9.17, 15) is 13.2 Å². The summed E-state index contributed by atoms with van der Waals surface area (Å²) in [6.45, 7) is 3.31. The summed E-state index contributed by atoms with van der Waals surface area (Å²) >= 11 is 0.922. The van der Waals surface area contributed by atoms with Crippen molar-refractivity contribution in [3.63, 3.8) is 0 Å². The van der Waals surface area contributed by atoms with Crippen LogP contribution in [0.3, 0.4) is 0 Å². The zero-order chi connectivity index (χ0) is 18.2. The largest absolute Gasteiger partial charge is 0.477 e. The predicted octanol–water partition coefficient (Wildman–Crippen LogP) is 3.05. The highest BCUT2D eigenvalue weighted by molar-refractivity contribution is 7.93. The molecule has 0 aliphatic carbocycles. The van der Waals surface area contributed by atoms with Gasteiger partial charge in [-0.2, -0.15) is 0 Å². The van der Waals surface area contributed by atoms with Gasteiger partial charge in [0.2, 0.25) is 0 Å². The standard InChI is InChI=1S/C16H15N3O4S2/c1-10-9-19(12-6-4-3-5-7-12)17-15(10)18-25(22,23)14-8-13(16(20)21)24-11(14)2/h3-9H,1-2H3,(H,17,18)(H,20,21). The lowest BCUT2D eigenvalue weighted by Crippen LogP contribution is -2.14.